The molecule has 0 aromatic heterocycles. The summed E-state index contributed by atoms with van der Waals surface area (Å²) in [6.45, 7) is 11.4. The Morgan fingerprint density at radius 2 is 1.96 bits per heavy atom. The van der Waals surface area contributed by atoms with E-state index in [9.17, 15) is 4.79 Å². The Bertz CT molecular complexity index is 692. The lowest BCUT2D eigenvalue weighted by Gasteiger charge is -2.33. The Balaban J connectivity index is 1.47. The Morgan fingerprint density at radius 3 is 2.54 bits per heavy atom. The van der Waals surface area contributed by atoms with Crippen molar-refractivity contribution in [2.75, 3.05) is 19.6 Å². The summed E-state index contributed by atoms with van der Waals surface area (Å²) in [5.41, 5.74) is 1.17. The first kappa shape index (κ1) is 19.8. The molecule has 1 aliphatic heterocycles. The molecule has 1 heterocycles. The van der Waals surface area contributed by atoms with Crippen molar-refractivity contribution in [1.82, 2.24) is 9.80 Å². The predicted molar refractivity (Wildman–Crippen MR) is 112 cm³/mol. The van der Waals surface area contributed by atoms with E-state index >= 15 is 0 Å². The van der Waals surface area contributed by atoms with Crippen LogP contribution in [0.3, 0.4) is 0 Å². The number of ether oxygens (including phenoxy) is 1. The smallest absolute Gasteiger partial charge is 0.410 e. The highest BCUT2D eigenvalue weighted by atomic mass is 16.6. The summed E-state index contributed by atoms with van der Waals surface area (Å²) in [6.07, 6.45) is 6.02. The van der Waals surface area contributed by atoms with Crippen LogP contribution in [0.25, 0.3) is 0 Å². The first-order chi connectivity index (χ1) is 13.3. The average molecular weight is 385 g/mol. The third kappa shape index (κ3) is 4.53. The van der Waals surface area contributed by atoms with Crippen molar-refractivity contribution >= 4 is 6.09 Å². The number of hydrogen-bond acceptors (Lipinski definition) is 3. The number of rotatable bonds is 6. The summed E-state index contributed by atoms with van der Waals surface area (Å²) in [7, 11) is 0. The molecule has 0 bridgehead atoms. The zero-order chi connectivity index (χ0) is 19.9. The van der Waals surface area contributed by atoms with Gasteiger partial charge in [-0.25, -0.2) is 4.79 Å². The maximum atomic E-state index is 13.1. The number of carbonyl (C=O) groups is 1. The van der Waals surface area contributed by atoms with E-state index in [-0.39, 0.29) is 17.6 Å². The molecule has 1 aromatic carbocycles. The van der Waals surface area contributed by atoms with E-state index in [0.717, 1.165) is 19.5 Å². The van der Waals surface area contributed by atoms with Gasteiger partial charge in [-0.1, -0.05) is 30.3 Å². The molecule has 0 N–H and O–H groups in total. The number of likely N-dealkylation sites (tertiary alicyclic amines) is 1. The number of carbonyl (C=O) groups excluding carboxylic acids is 1. The van der Waals surface area contributed by atoms with Gasteiger partial charge in [0.1, 0.15) is 5.60 Å². The molecular weight excluding hydrogens is 348 g/mol. The molecule has 3 fully saturated rings. The molecule has 1 amide bonds. The highest BCUT2D eigenvalue weighted by Crippen LogP contribution is 2.52. The molecule has 0 spiro atoms. The van der Waals surface area contributed by atoms with Crippen molar-refractivity contribution in [3.05, 3.63) is 35.9 Å². The fourth-order valence-corrected chi connectivity index (χ4v) is 4.79. The lowest BCUT2D eigenvalue weighted by molar-refractivity contribution is 0.0170. The molecule has 4 nitrogen and oxygen atoms in total. The van der Waals surface area contributed by atoms with E-state index in [4.69, 9.17) is 4.74 Å². The van der Waals surface area contributed by atoms with Crippen LogP contribution in [0, 0.1) is 5.41 Å². The zero-order valence-corrected chi connectivity index (χ0v) is 18.0. The van der Waals surface area contributed by atoms with E-state index in [0.29, 0.717) is 12.0 Å². The fraction of sp³-hybridized carbons (Fsp3) is 0.708. The number of hydrogen-bond donors (Lipinski definition) is 0. The first-order valence-electron chi connectivity index (χ1n) is 11.1. The molecule has 4 rings (SSSR count). The van der Waals surface area contributed by atoms with Gasteiger partial charge in [0, 0.05) is 36.5 Å². The highest BCUT2D eigenvalue weighted by Gasteiger charge is 2.52. The van der Waals surface area contributed by atoms with Crippen molar-refractivity contribution < 1.29 is 9.53 Å². The molecular formula is C24H36N2O2. The molecule has 0 radical (unpaired) electrons. The van der Waals surface area contributed by atoms with E-state index in [1.165, 1.54) is 37.8 Å². The average Bonchev–Trinajstić information content (AvgIpc) is 3.53. The van der Waals surface area contributed by atoms with Crippen LogP contribution in [0.4, 0.5) is 4.79 Å². The van der Waals surface area contributed by atoms with Crippen LogP contribution in [-0.4, -0.2) is 53.2 Å². The Hall–Kier alpha value is -1.55. The summed E-state index contributed by atoms with van der Waals surface area (Å²) in [5, 5.41) is 0. The fourth-order valence-electron chi connectivity index (χ4n) is 4.79. The molecule has 1 saturated heterocycles. The van der Waals surface area contributed by atoms with Gasteiger partial charge in [0.25, 0.3) is 0 Å². The lowest BCUT2D eigenvalue weighted by Crippen LogP contribution is -2.45. The highest BCUT2D eigenvalue weighted by molar-refractivity contribution is 5.69. The van der Waals surface area contributed by atoms with Gasteiger partial charge in [-0.3, -0.25) is 0 Å². The lowest BCUT2D eigenvalue weighted by atomic mass is 10.0. The van der Waals surface area contributed by atoms with Gasteiger partial charge in [0.2, 0.25) is 0 Å². The van der Waals surface area contributed by atoms with Gasteiger partial charge in [0.15, 0.2) is 0 Å². The van der Waals surface area contributed by atoms with Crippen LogP contribution < -0.4 is 0 Å². The minimum Gasteiger partial charge on any atom is -0.444 e. The third-order valence-corrected chi connectivity index (χ3v) is 6.70. The number of benzene rings is 1. The molecule has 28 heavy (non-hydrogen) atoms. The van der Waals surface area contributed by atoms with Gasteiger partial charge in [-0.15, -0.1) is 0 Å². The standard InChI is InChI=1S/C24H36N2O2/c1-18-9-8-14-25(18)16-24(12-13-24)17-26(22(27)28-23(2,3)4)21-15-20(21)19-10-6-5-7-11-19/h5-7,10-11,18,20-21H,8-9,12-17H2,1-4H3/t18-,20?,21-/m0/s1. The van der Waals surface area contributed by atoms with Gasteiger partial charge >= 0.3 is 6.09 Å². The van der Waals surface area contributed by atoms with Gasteiger partial charge < -0.3 is 14.5 Å². The minimum atomic E-state index is -0.452. The molecule has 1 unspecified atom stereocenters. The number of nitrogens with zero attached hydrogens (tertiary/aromatic N) is 2. The second-order valence-electron chi connectivity index (χ2n) is 10.4. The van der Waals surface area contributed by atoms with Gasteiger partial charge in [-0.05, 0) is 71.9 Å². The number of amides is 1. The normalized spacial score (nSPS) is 28.8. The van der Waals surface area contributed by atoms with E-state index in [2.05, 4.69) is 47.1 Å². The molecule has 4 heteroatoms. The van der Waals surface area contributed by atoms with Crippen molar-refractivity contribution in [2.45, 2.75) is 83.4 Å². The van der Waals surface area contributed by atoms with Crippen LogP contribution in [0.15, 0.2) is 30.3 Å². The van der Waals surface area contributed by atoms with Crippen molar-refractivity contribution in [3.8, 4) is 0 Å². The largest absolute Gasteiger partial charge is 0.444 e. The van der Waals surface area contributed by atoms with Gasteiger partial charge in [-0.2, -0.15) is 0 Å². The molecule has 2 saturated carbocycles. The summed E-state index contributed by atoms with van der Waals surface area (Å²) in [5.74, 6) is 0.454. The monoisotopic (exact) mass is 384 g/mol. The minimum absolute atomic E-state index is 0.128. The van der Waals surface area contributed by atoms with Gasteiger partial charge in [0.05, 0.1) is 0 Å². The maximum absolute atomic E-state index is 13.1. The topological polar surface area (TPSA) is 32.8 Å². The first-order valence-corrected chi connectivity index (χ1v) is 11.1. The predicted octanol–water partition coefficient (Wildman–Crippen LogP) is 5.04. The summed E-state index contributed by atoms with van der Waals surface area (Å²) >= 11 is 0. The summed E-state index contributed by atoms with van der Waals surface area (Å²) in [6, 6.07) is 11.6. The van der Waals surface area contributed by atoms with Crippen LogP contribution in [0.5, 0.6) is 0 Å². The van der Waals surface area contributed by atoms with Crippen LogP contribution in [-0.2, 0) is 4.74 Å². The second kappa shape index (κ2) is 7.37. The third-order valence-electron chi connectivity index (χ3n) is 6.70. The van der Waals surface area contributed by atoms with Crippen molar-refractivity contribution in [2.24, 2.45) is 5.41 Å². The molecule has 3 atom stereocenters. The Labute approximate surface area is 170 Å². The molecule has 154 valence electrons. The van der Waals surface area contributed by atoms with Crippen LogP contribution in [0.2, 0.25) is 0 Å². The quantitative estimate of drug-likeness (QED) is 0.688. The van der Waals surface area contributed by atoms with Crippen molar-refractivity contribution in [3.63, 3.8) is 0 Å². The Morgan fingerprint density at radius 1 is 1.25 bits per heavy atom. The molecule has 3 aliphatic rings. The van der Waals surface area contributed by atoms with E-state index in [1.54, 1.807) is 0 Å². The van der Waals surface area contributed by atoms with E-state index < -0.39 is 5.60 Å². The molecule has 1 aromatic rings. The maximum Gasteiger partial charge on any atom is 0.410 e. The van der Waals surface area contributed by atoms with Crippen LogP contribution >= 0.6 is 0 Å². The Kier molecular flexibility index (Phi) is 5.20. The van der Waals surface area contributed by atoms with Crippen molar-refractivity contribution in [1.29, 1.82) is 0 Å². The second-order valence-corrected chi connectivity index (χ2v) is 10.4. The summed E-state index contributed by atoms with van der Waals surface area (Å²) < 4.78 is 5.82. The summed E-state index contributed by atoms with van der Waals surface area (Å²) in [4.78, 5) is 17.8. The van der Waals surface area contributed by atoms with Crippen LogP contribution in [0.1, 0.15) is 71.3 Å². The molecule has 2 aliphatic carbocycles. The van der Waals surface area contributed by atoms with E-state index in [1.807, 2.05) is 20.8 Å². The SMILES string of the molecule is C[C@H]1CCCN1CC1(CN(C(=O)OC(C)(C)C)[C@H]2CC2c2ccccc2)CC1. The zero-order valence-electron chi connectivity index (χ0n) is 18.0.